The number of ether oxygens (including phenoxy) is 1. The third-order valence-electron chi connectivity index (χ3n) is 2.49. The number of pyridine rings is 1. The average Bonchev–Trinajstić information content (AvgIpc) is 2.30. The number of hydrogen-bond acceptors (Lipinski definition) is 4. The molecule has 1 aliphatic rings. The molecule has 15 heavy (non-hydrogen) atoms. The number of aromatic nitrogens is 1. The lowest BCUT2D eigenvalue weighted by Crippen LogP contribution is -2.37. The van der Waals surface area contributed by atoms with Gasteiger partial charge in [0.1, 0.15) is 11.9 Å². The first-order valence-corrected chi connectivity index (χ1v) is 5.00. The molecule has 0 amide bonds. The molecule has 2 rings (SSSR count). The van der Waals surface area contributed by atoms with Gasteiger partial charge in [0.2, 0.25) is 0 Å². The van der Waals surface area contributed by atoms with E-state index in [0.29, 0.717) is 5.56 Å². The van der Waals surface area contributed by atoms with Gasteiger partial charge in [-0.05, 0) is 18.6 Å². The fourth-order valence-corrected chi connectivity index (χ4v) is 1.73. The fourth-order valence-electron chi connectivity index (χ4n) is 1.73. The molecule has 0 atom stereocenters. The van der Waals surface area contributed by atoms with E-state index in [2.05, 4.69) is 16.0 Å². The van der Waals surface area contributed by atoms with Crippen LogP contribution in [-0.2, 0) is 4.74 Å². The van der Waals surface area contributed by atoms with Gasteiger partial charge in [-0.2, -0.15) is 5.26 Å². The summed E-state index contributed by atoms with van der Waals surface area (Å²) in [6, 6.07) is 3.97. The first kappa shape index (κ1) is 9.94. The van der Waals surface area contributed by atoms with Gasteiger partial charge in [0.05, 0.1) is 18.8 Å². The Balaban J connectivity index is 2.24. The van der Waals surface area contributed by atoms with Gasteiger partial charge in [0.15, 0.2) is 0 Å². The van der Waals surface area contributed by atoms with Crippen LogP contribution in [0.5, 0.6) is 0 Å². The SMILES string of the molecule is Cc1cc(C#N)cnc1N1CCOCC1. The van der Waals surface area contributed by atoms with Crippen molar-refractivity contribution in [1.29, 1.82) is 5.26 Å². The van der Waals surface area contributed by atoms with Crippen LogP contribution in [0.1, 0.15) is 11.1 Å². The van der Waals surface area contributed by atoms with Crippen molar-refractivity contribution >= 4 is 5.82 Å². The van der Waals surface area contributed by atoms with Crippen LogP contribution in [0.3, 0.4) is 0 Å². The molecule has 1 aliphatic heterocycles. The molecule has 0 bridgehead atoms. The van der Waals surface area contributed by atoms with Crippen LogP contribution in [0, 0.1) is 18.3 Å². The molecule has 1 aromatic heterocycles. The van der Waals surface area contributed by atoms with Crippen LogP contribution < -0.4 is 4.90 Å². The van der Waals surface area contributed by atoms with Gasteiger partial charge < -0.3 is 9.64 Å². The summed E-state index contributed by atoms with van der Waals surface area (Å²) in [5, 5.41) is 8.74. The predicted octanol–water partition coefficient (Wildman–Crippen LogP) is 1.10. The Labute approximate surface area is 89.1 Å². The smallest absolute Gasteiger partial charge is 0.131 e. The molecular formula is C11H13N3O. The maximum Gasteiger partial charge on any atom is 0.131 e. The minimum absolute atomic E-state index is 0.615. The lowest BCUT2D eigenvalue weighted by molar-refractivity contribution is 0.122. The van der Waals surface area contributed by atoms with Crippen LogP contribution in [0.25, 0.3) is 0 Å². The maximum atomic E-state index is 8.74. The monoisotopic (exact) mass is 203 g/mol. The minimum Gasteiger partial charge on any atom is -0.378 e. The minimum atomic E-state index is 0.615. The summed E-state index contributed by atoms with van der Waals surface area (Å²) in [6.45, 7) is 5.24. The molecule has 4 nitrogen and oxygen atoms in total. The van der Waals surface area contributed by atoms with Crippen molar-refractivity contribution in [3.05, 3.63) is 23.4 Å². The molecule has 1 aromatic rings. The summed E-state index contributed by atoms with van der Waals surface area (Å²) in [7, 11) is 0. The van der Waals surface area contributed by atoms with E-state index < -0.39 is 0 Å². The lowest BCUT2D eigenvalue weighted by atomic mass is 10.2. The summed E-state index contributed by atoms with van der Waals surface area (Å²) in [4.78, 5) is 6.52. The third-order valence-corrected chi connectivity index (χ3v) is 2.49. The second kappa shape index (κ2) is 4.28. The van der Waals surface area contributed by atoms with Crippen LogP contribution >= 0.6 is 0 Å². The van der Waals surface area contributed by atoms with Crippen LogP contribution in [0.2, 0.25) is 0 Å². The second-order valence-electron chi connectivity index (χ2n) is 3.58. The third kappa shape index (κ3) is 2.08. The normalized spacial score (nSPS) is 16.1. The number of rotatable bonds is 1. The molecule has 0 saturated carbocycles. The van der Waals surface area contributed by atoms with Gasteiger partial charge in [0, 0.05) is 19.3 Å². The van der Waals surface area contributed by atoms with Gasteiger partial charge in [-0.1, -0.05) is 0 Å². The van der Waals surface area contributed by atoms with E-state index in [0.717, 1.165) is 37.7 Å². The molecular weight excluding hydrogens is 190 g/mol. The highest BCUT2D eigenvalue weighted by molar-refractivity contribution is 5.49. The summed E-state index contributed by atoms with van der Waals surface area (Å²) in [5.41, 5.74) is 1.67. The Morgan fingerprint density at radius 1 is 1.47 bits per heavy atom. The zero-order valence-electron chi connectivity index (χ0n) is 8.73. The Hall–Kier alpha value is -1.60. The van der Waals surface area contributed by atoms with Crippen molar-refractivity contribution in [2.24, 2.45) is 0 Å². The first-order chi connectivity index (χ1) is 7.31. The highest BCUT2D eigenvalue weighted by Crippen LogP contribution is 2.18. The highest BCUT2D eigenvalue weighted by atomic mass is 16.5. The summed E-state index contributed by atoms with van der Waals surface area (Å²) in [5.74, 6) is 0.970. The molecule has 0 N–H and O–H groups in total. The zero-order chi connectivity index (χ0) is 10.7. The van der Waals surface area contributed by atoms with Crippen LogP contribution in [-0.4, -0.2) is 31.3 Å². The van der Waals surface area contributed by atoms with E-state index >= 15 is 0 Å². The number of nitrogens with zero attached hydrogens (tertiary/aromatic N) is 3. The van der Waals surface area contributed by atoms with Gasteiger partial charge in [0.25, 0.3) is 0 Å². The molecule has 4 heteroatoms. The number of nitriles is 1. The van der Waals surface area contributed by atoms with Crippen molar-refractivity contribution in [3.8, 4) is 6.07 Å². The largest absolute Gasteiger partial charge is 0.378 e. The maximum absolute atomic E-state index is 8.74. The Morgan fingerprint density at radius 3 is 2.80 bits per heavy atom. The quantitative estimate of drug-likeness (QED) is 0.685. The number of morpholine rings is 1. The standard InChI is InChI=1S/C11H13N3O/c1-9-6-10(7-12)8-13-11(9)14-2-4-15-5-3-14/h6,8H,2-5H2,1H3. The Morgan fingerprint density at radius 2 is 2.20 bits per heavy atom. The van der Waals surface area contributed by atoms with Crippen molar-refractivity contribution in [2.45, 2.75) is 6.92 Å². The van der Waals surface area contributed by atoms with E-state index in [1.807, 2.05) is 13.0 Å². The van der Waals surface area contributed by atoms with E-state index in [1.165, 1.54) is 0 Å². The lowest BCUT2D eigenvalue weighted by Gasteiger charge is -2.28. The van der Waals surface area contributed by atoms with Crippen molar-refractivity contribution in [3.63, 3.8) is 0 Å². The van der Waals surface area contributed by atoms with Gasteiger partial charge >= 0.3 is 0 Å². The number of aryl methyl sites for hydroxylation is 1. The number of hydrogen-bond donors (Lipinski definition) is 0. The van der Waals surface area contributed by atoms with Crippen molar-refractivity contribution < 1.29 is 4.74 Å². The zero-order valence-corrected chi connectivity index (χ0v) is 8.73. The molecule has 1 fully saturated rings. The molecule has 1 saturated heterocycles. The van der Waals surface area contributed by atoms with Crippen LogP contribution in [0.4, 0.5) is 5.82 Å². The molecule has 2 heterocycles. The molecule has 0 aliphatic carbocycles. The number of anilines is 1. The predicted molar refractivity (Wildman–Crippen MR) is 56.7 cm³/mol. The average molecular weight is 203 g/mol. The second-order valence-corrected chi connectivity index (χ2v) is 3.58. The van der Waals surface area contributed by atoms with Gasteiger partial charge in [-0.15, -0.1) is 0 Å². The fraction of sp³-hybridized carbons (Fsp3) is 0.455. The molecule has 78 valence electrons. The van der Waals surface area contributed by atoms with E-state index in [-0.39, 0.29) is 0 Å². The van der Waals surface area contributed by atoms with E-state index in [4.69, 9.17) is 10.00 Å². The topological polar surface area (TPSA) is 49.2 Å². The van der Waals surface area contributed by atoms with E-state index in [9.17, 15) is 0 Å². The summed E-state index contributed by atoms with van der Waals surface area (Å²) in [6.07, 6.45) is 1.62. The van der Waals surface area contributed by atoms with E-state index in [1.54, 1.807) is 6.20 Å². The molecule has 0 aromatic carbocycles. The Bertz CT molecular complexity index is 391. The van der Waals surface area contributed by atoms with Crippen molar-refractivity contribution in [2.75, 3.05) is 31.2 Å². The Kier molecular flexibility index (Phi) is 2.84. The molecule has 0 radical (unpaired) electrons. The first-order valence-electron chi connectivity index (χ1n) is 5.00. The van der Waals surface area contributed by atoms with Gasteiger partial charge in [-0.25, -0.2) is 4.98 Å². The molecule has 0 unspecified atom stereocenters. The highest BCUT2D eigenvalue weighted by Gasteiger charge is 2.14. The summed E-state index contributed by atoms with van der Waals surface area (Å²) < 4.78 is 5.28. The van der Waals surface area contributed by atoms with Gasteiger partial charge in [-0.3, -0.25) is 0 Å². The van der Waals surface area contributed by atoms with Crippen LogP contribution in [0.15, 0.2) is 12.3 Å². The molecule has 0 spiro atoms. The summed E-state index contributed by atoms with van der Waals surface area (Å²) >= 11 is 0. The van der Waals surface area contributed by atoms with Crippen molar-refractivity contribution in [1.82, 2.24) is 4.98 Å².